The highest BCUT2D eigenvalue weighted by atomic mass is 17.1. The molecule has 0 aromatic carbocycles. The summed E-state index contributed by atoms with van der Waals surface area (Å²) in [4.78, 5) is 22.0. The van der Waals surface area contributed by atoms with Gasteiger partial charge in [-0.3, -0.25) is 9.68 Å². The Balaban J connectivity index is 3.58. The molecule has 0 aliphatic heterocycles. The van der Waals surface area contributed by atoms with E-state index in [-0.39, 0.29) is 0 Å². The lowest BCUT2D eigenvalue weighted by molar-refractivity contribution is -0.232. The standard InChI is InChI=1S/C2H3NO4/c3-1(4)2(5)7-6/h6H,(H2,3,4). The highest BCUT2D eigenvalue weighted by molar-refractivity contribution is 6.31. The van der Waals surface area contributed by atoms with Crippen molar-refractivity contribution in [2.75, 3.05) is 0 Å². The molecule has 0 saturated heterocycles. The third-order valence-electron chi connectivity index (χ3n) is 0.284. The number of hydrogen-bond acceptors (Lipinski definition) is 4. The summed E-state index contributed by atoms with van der Waals surface area (Å²) in [6, 6.07) is 0. The van der Waals surface area contributed by atoms with Gasteiger partial charge in [-0.25, -0.2) is 4.79 Å². The van der Waals surface area contributed by atoms with Gasteiger partial charge in [0.15, 0.2) is 0 Å². The largest absolute Gasteiger partial charge is 0.429 e. The Morgan fingerprint density at radius 3 is 2.00 bits per heavy atom. The molecule has 40 valence electrons. The van der Waals surface area contributed by atoms with Crippen molar-refractivity contribution in [1.82, 2.24) is 0 Å². The Hall–Kier alpha value is -1.10. The van der Waals surface area contributed by atoms with E-state index in [0.717, 1.165) is 0 Å². The summed E-state index contributed by atoms with van der Waals surface area (Å²) in [7, 11) is 0. The molecule has 5 nitrogen and oxygen atoms in total. The van der Waals surface area contributed by atoms with Gasteiger partial charge in [0.2, 0.25) is 0 Å². The maximum absolute atomic E-state index is 9.56. The first-order valence-electron chi connectivity index (χ1n) is 1.33. The Morgan fingerprint density at radius 2 is 2.00 bits per heavy atom. The van der Waals surface area contributed by atoms with Crippen molar-refractivity contribution in [3.8, 4) is 0 Å². The summed E-state index contributed by atoms with van der Waals surface area (Å²) in [5.41, 5.74) is 4.27. The lowest BCUT2D eigenvalue weighted by Gasteiger charge is -1.83. The van der Waals surface area contributed by atoms with E-state index in [4.69, 9.17) is 5.26 Å². The van der Waals surface area contributed by atoms with E-state index in [0.29, 0.717) is 0 Å². The first-order valence-corrected chi connectivity index (χ1v) is 1.33. The smallest absolute Gasteiger partial charge is 0.360 e. The SMILES string of the molecule is NC(=O)C(=O)OO. The third-order valence-corrected chi connectivity index (χ3v) is 0.284. The zero-order valence-corrected chi connectivity index (χ0v) is 3.25. The molecular formula is C2H3NO4. The predicted octanol–water partition coefficient (Wildman–Crippen LogP) is -1.51. The molecule has 0 saturated carbocycles. The van der Waals surface area contributed by atoms with E-state index in [1.807, 2.05) is 0 Å². The number of carbonyl (C=O) groups excluding carboxylic acids is 2. The molecule has 3 N–H and O–H groups in total. The van der Waals surface area contributed by atoms with Crippen molar-refractivity contribution in [3.63, 3.8) is 0 Å². The Labute approximate surface area is 38.6 Å². The molecule has 0 atom stereocenters. The Kier molecular flexibility index (Phi) is 1.80. The quantitative estimate of drug-likeness (QED) is 0.222. The van der Waals surface area contributed by atoms with Gasteiger partial charge in [0.05, 0.1) is 0 Å². The Bertz CT molecular complexity index is 97.9. The second kappa shape index (κ2) is 2.14. The molecule has 0 aromatic heterocycles. The number of primary amides is 1. The van der Waals surface area contributed by atoms with Crippen molar-refractivity contribution < 1.29 is 19.7 Å². The maximum Gasteiger partial charge on any atom is 0.429 e. The van der Waals surface area contributed by atoms with E-state index < -0.39 is 11.9 Å². The lowest BCUT2D eigenvalue weighted by Crippen LogP contribution is -2.24. The van der Waals surface area contributed by atoms with E-state index in [1.165, 1.54) is 0 Å². The van der Waals surface area contributed by atoms with Gasteiger partial charge in [-0.05, 0) is 0 Å². The number of rotatable bonds is 0. The highest BCUT2D eigenvalue weighted by Crippen LogP contribution is 1.64. The topological polar surface area (TPSA) is 89.6 Å². The second-order valence-electron chi connectivity index (χ2n) is 0.743. The first kappa shape index (κ1) is 5.90. The normalized spacial score (nSPS) is 7.57. The number of nitrogens with two attached hydrogens (primary N) is 1. The van der Waals surface area contributed by atoms with Crippen LogP contribution >= 0.6 is 0 Å². The molecule has 0 aliphatic rings. The summed E-state index contributed by atoms with van der Waals surface area (Å²) in [6.07, 6.45) is 0. The van der Waals surface area contributed by atoms with Crippen molar-refractivity contribution in [2.24, 2.45) is 5.73 Å². The summed E-state index contributed by atoms with van der Waals surface area (Å²) in [6.45, 7) is 0. The Morgan fingerprint density at radius 1 is 1.57 bits per heavy atom. The van der Waals surface area contributed by atoms with Crippen LogP contribution in [0.1, 0.15) is 0 Å². The first-order chi connectivity index (χ1) is 3.18. The molecule has 7 heavy (non-hydrogen) atoms. The monoisotopic (exact) mass is 105 g/mol. The molecule has 0 rings (SSSR count). The summed E-state index contributed by atoms with van der Waals surface area (Å²) in [5.74, 6) is -2.78. The molecule has 0 aliphatic carbocycles. The van der Waals surface area contributed by atoms with Crippen LogP contribution in [0.25, 0.3) is 0 Å². The maximum atomic E-state index is 9.56. The molecule has 0 aromatic rings. The third kappa shape index (κ3) is 1.72. The number of hydrogen-bond donors (Lipinski definition) is 2. The predicted molar refractivity (Wildman–Crippen MR) is 17.9 cm³/mol. The lowest BCUT2D eigenvalue weighted by atomic mass is 10.7. The van der Waals surface area contributed by atoms with Gasteiger partial charge in [-0.1, -0.05) is 0 Å². The van der Waals surface area contributed by atoms with E-state index in [2.05, 4.69) is 10.6 Å². The average Bonchev–Trinajstić information content (AvgIpc) is 1.65. The van der Waals surface area contributed by atoms with Crippen molar-refractivity contribution in [1.29, 1.82) is 0 Å². The molecule has 0 unspecified atom stereocenters. The summed E-state index contributed by atoms with van der Waals surface area (Å²) >= 11 is 0. The zero-order chi connectivity index (χ0) is 5.86. The fourth-order valence-corrected chi connectivity index (χ4v) is 0.0450. The van der Waals surface area contributed by atoms with Gasteiger partial charge in [0, 0.05) is 0 Å². The van der Waals surface area contributed by atoms with Crippen LogP contribution < -0.4 is 5.73 Å². The van der Waals surface area contributed by atoms with Gasteiger partial charge in [-0.2, -0.15) is 5.26 Å². The van der Waals surface area contributed by atoms with Crippen LogP contribution in [0.5, 0.6) is 0 Å². The molecule has 0 radical (unpaired) electrons. The van der Waals surface area contributed by atoms with Gasteiger partial charge in [0.25, 0.3) is 0 Å². The molecular weight excluding hydrogens is 102 g/mol. The van der Waals surface area contributed by atoms with Crippen LogP contribution in [0.4, 0.5) is 0 Å². The van der Waals surface area contributed by atoms with Crippen molar-refractivity contribution in [3.05, 3.63) is 0 Å². The molecule has 0 heterocycles. The van der Waals surface area contributed by atoms with Crippen molar-refractivity contribution in [2.45, 2.75) is 0 Å². The van der Waals surface area contributed by atoms with Gasteiger partial charge in [0.1, 0.15) is 0 Å². The summed E-state index contributed by atoms with van der Waals surface area (Å²) in [5, 5.41) is 7.35. The van der Waals surface area contributed by atoms with E-state index >= 15 is 0 Å². The van der Waals surface area contributed by atoms with Crippen LogP contribution in [0.2, 0.25) is 0 Å². The van der Waals surface area contributed by atoms with Crippen molar-refractivity contribution >= 4 is 11.9 Å². The minimum atomic E-state index is -1.46. The van der Waals surface area contributed by atoms with Crippen LogP contribution in [0, 0.1) is 0 Å². The minimum absolute atomic E-state index is 1.32. The van der Waals surface area contributed by atoms with E-state index in [1.54, 1.807) is 0 Å². The number of carbonyl (C=O) groups is 2. The van der Waals surface area contributed by atoms with Crippen LogP contribution in [-0.4, -0.2) is 17.1 Å². The second-order valence-corrected chi connectivity index (χ2v) is 0.743. The summed E-state index contributed by atoms with van der Waals surface area (Å²) < 4.78 is 0. The molecule has 5 heteroatoms. The highest BCUT2D eigenvalue weighted by Gasteiger charge is 2.07. The van der Waals surface area contributed by atoms with Gasteiger partial charge < -0.3 is 5.73 Å². The van der Waals surface area contributed by atoms with Gasteiger partial charge in [-0.15, -0.1) is 0 Å². The zero-order valence-electron chi connectivity index (χ0n) is 3.25. The minimum Gasteiger partial charge on any atom is -0.360 e. The van der Waals surface area contributed by atoms with Crippen LogP contribution in [0.3, 0.4) is 0 Å². The van der Waals surface area contributed by atoms with Crippen LogP contribution in [0.15, 0.2) is 0 Å². The molecule has 0 spiro atoms. The fourth-order valence-electron chi connectivity index (χ4n) is 0.0450. The van der Waals surface area contributed by atoms with Gasteiger partial charge >= 0.3 is 11.9 Å². The fraction of sp³-hybridized carbons (Fsp3) is 0. The van der Waals surface area contributed by atoms with E-state index in [9.17, 15) is 9.59 Å². The number of amides is 1. The molecule has 0 bridgehead atoms. The van der Waals surface area contributed by atoms with Crippen LogP contribution in [-0.2, 0) is 14.5 Å². The average molecular weight is 105 g/mol. The molecule has 0 fully saturated rings. The molecule has 1 amide bonds.